The van der Waals surface area contributed by atoms with E-state index < -0.39 is 0 Å². The van der Waals surface area contributed by atoms with E-state index in [1.165, 1.54) is 27.1 Å². The zero-order valence-corrected chi connectivity index (χ0v) is 20.3. The van der Waals surface area contributed by atoms with Crippen LogP contribution in [-0.2, 0) is 15.7 Å². The standard InChI is InChI=1S/C28H30B2N2O2/c1-27(2)28(3,4)34-30(33-27)25(18-19-15-16-20-9-5-6-10-22(20)17-19)29-31-23-13-7-11-21-12-8-14-24(32-29)26(21)23/h5-17,25,31-32H,18H2,1-4H3/t25-/m0/s1. The van der Waals surface area contributed by atoms with Gasteiger partial charge >= 0.3 is 14.1 Å². The first-order valence-corrected chi connectivity index (χ1v) is 12.2. The molecule has 2 heterocycles. The highest BCUT2D eigenvalue weighted by atomic mass is 16.7. The molecule has 1 fully saturated rings. The Morgan fingerprint density at radius 3 is 1.94 bits per heavy atom. The third kappa shape index (κ3) is 3.57. The van der Waals surface area contributed by atoms with Crippen LogP contribution in [0.2, 0.25) is 5.72 Å². The van der Waals surface area contributed by atoms with Crippen LogP contribution in [0.3, 0.4) is 0 Å². The lowest BCUT2D eigenvalue weighted by atomic mass is 9.44. The molecule has 1 saturated heterocycles. The van der Waals surface area contributed by atoms with Crippen LogP contribution in [0.15, 0.2) is 78.9 Å². The molecule has 2 aliphatic rings. The first-order chi connectivity index (χ1) is 16.3. The van der Waals surface area contributed by atoms with Gasteiger partial charge in [-0.1, -0.05) is 66.7 Å². The Morgan fingerprint density at radius 2 is 1.29 bits per heavy atom. The first kappa shape index (κ1) is 21.6. The maximum atomic E-state index is 6.60. The minimum absolute atomic E-state index is 0.0401. The molecule has 4 aromatic rings. The van der Waals surface area contributed by atoms with Crippen molar-refractivity contribution in [2.45, 2.75) is 51.0 Å². The van der Waals surface area contributed by atoms with Crippen LogP contribution >= 0.6 is 0 Å². The number of benzene rings is 4. The van der Waals surface area contributed by atoms with Crippen molar-refractivity contribution in [3.8, 4) is 0 Å². The number of hydrogen-bond donors (Lipinski definition) is 2. The van der Waals surface area contributed by atoms with Crippen molar-refractivity contribution < 1.29 is 9.31 Å². The van der Waals surface area contributed by atoms with Crippen LogP contribution in [0.1, 0.15) is 33.3 Å². The minimum atomic E-state index is -0.383. The zero-order valence-electron chi connectivity index (χ0n) is 20.3. The smallest absolute Gasteiger partial charge is 0.409 e. The summed E-state index contributed by atoms with van der Waals surface area (Å²) >= 11 is 0. The summed E-state index contributed by atoms with van der Waals surface area (Å²) in [5.74, 6) is 0. The predicted octanol–water partition coefficient (Wildman–Crippen LogP) is 6.56. The van der Waals surface area contributed by atoms with Gasteiger partial charge in [-0.15, -0.1) is 0 Å². The largest absolute Gasteiger partial charge is 0.457 e. The average molecular weight is 448 g/mol. The molecule has 2 N–H and O–H groups in total. The third-order valence-corrected chi connectivity index (χ3v) is 7.86. The highest BCUT2D eigenvalue weighted by Gasteiger charge is 2.56. The molecule has 4 nitrogen and oxygen atoms in total. The van der Waals surface area contributed by atoms with E-state index in [4.69, 9.17) is 9.31 Å². The fourth-order valence-electron chi connectivity index (χ4n) is 5.24. The molecule has 0 saturated carbocycles. The van der Waals surface area contributed by atoms with Crippen LogP contribution in [0, 0.1) is 0 Å². The van der Waals surface area contributed by atoms with E-state index in [-0.39, 0.29) is 31.0 Å². The molecule has 0 aliphatic carbocycles. The molecule has 0 spiro atoms. The van der Waals surface area contributed by atoms with Crippen LogP contribution in [0.4, 0.5) is 11.4 Å². The number of nitrogens with one attached hydrogen (secondary N) is 2. The van der Waals surface area contributed by atoms with Crippen molar-refractivity contribution in [1.82, 2.24) is 0 Å². The highest BCUT2D eigenvalue weighted by molar-refractivity contribution is 6.80. The monoisotopic (exact) mass is 448 g/mol. The summed E-state index contributed by atoms with van der Waals surface area (Å²) in [6.07, 6.45) is 0.824. The lowest BCUT2D eigenvalue weighted by Crippen LogP contribution is -2.49. The SMILES string of the molecule is CC1(C)OB([C@@H](Cc2ccc3ccccc3c2)B2Nc3cccc4cccc(c34)N2)OC1(C)C. The van der Waals surface area contributed by atoms with E-state index in [2.05, 4.69) is 117 Å². The van der Waals surface area contributed by atoms with E-state index in [1.54, 1.807) is 0 Å². The molecule has 0 amide bonds. The number of rotatable bonds is 4. The van der Waals surface area contributed by atoms with Gasteiger partial charge in [-0.25, -0.2) is 0 Å². The normalized spacial score (nSPS) is 19.2. The molecule has 2 aliphatic heterocycles. The Bertz CT molecular complexity index is 1330. The number of hydrogen-bond acceptors (Lipinski definition) is 4. The first-order valence-electron chi connectivity index (χ1n) is 12.2. The molecule has 34 heavy (non-hydrogen) atoms. The van der Waals surface area contributed by atoms with Gasteiger partial charge in [-0.3, -0.25) is 0 Å². The van der Waals surface area contributed by atoms with Crippen molar-refractivity contribution in [3.63, 3.8) is 0 Å². The van der Waals surface area contributed by atoms with Gasteiger partial charge in [0, 0.05) is 22.5 Å². The molecule has 0 unspecified atom stereocenters. The Kier molecular flexibility index (Phi) is 4.94. The molecule has 0 radical (unpaired) electrons. The lowest BCUT2D eigenvalue weighted by molar-refractivity contribution is 0.00578. The highest BCUT2D eigenvalue weighted by Crippen LogP contribution is 2.43. The van der Waals surface area contributed by atoms with Gasteiger partial charge in [-0.2, -0.15) is 0 Å². The molecule has 0 bridgehead atoms. The third-order valence-electron chi connectivity index (χ3n) is 7.86. The summed E-state index contributed by atoms with van der Waals surface area (Å²) in [5, 5.41) is 12.5. The molecule has 4 aromatic carbocycles. The van der Waals surface area contributed by atoms with E-state index in [0.717, 1.165) is 17.8 Å². The second-order valence-corrected chi connectivity index (χ2v) is 10.6. The lowest BCUT2D eigenvalue weighted by Gasteiger charge is -2.33. The molecule has 6 heteroatoms. The Morgan fingerprint density at radius 1 is 0.706 bits per heavy atom. The second kappa shape index (κ2) is 7.79. The van der Waals surface area contributed by atoms with E-state index in [9.17, 15) is 0 Å². The fourth-order valence-corrected chi connectivity index (χ4v) is 5.24. The summed E-state index contributed by atoms with van der Waals surface area (Å²) in [6, 6.07) is 28.1. The summed E-state index contributed by atoms with van der Waals surface area (Å²) in [7, 11) is -0.342. The number of anilines is 2. The van der Waals surface area contributed by atoms with Gasteiger partial charge in [0.2, 0.25) is 0 Å². The zero-order chi connectivity index (χ0) is 23.5. The Balaban J connectivity index is 1.38. The van der Waals surface area contributed by atoms with Crippen molar-refractivity contribution in [2.75, 3.05) is 10.5 Å². The van der Waals surface area contributed by atoms with Crippen LogP contribution in [-0.4, -0.2) is 25.3 Å². The van der Waals surface area contributed by atoms with Gasteiger partial charge in [0.1, 0.15) is 0 Å². The molecular formula is C28H30B2N2O2. The Hall–Kier alpha value is -2.95. The summed E-state index contributed by atoms with van der Waals surface area (Å²) in [6.45, 7) is 8.45. The van der Waals surface area contributed by atoms with Crippen molar-refractivity contribution in [1.29, 1.82) is 0 Å². The van der Waals surface area contributed by atoms with E-state index in [0.29, 0.717) is 0 Å². The van der Waals surface area contributed by atoms with Crippen molar-refractivity contribution in [2.24, 2.45) is 0 Å². The van der Waals surface area contributed by atoms with Gasteiger partial charge in [-0.05, 0) is 68.0 Å². The molecule has 1 atom stereocenters. The molecule has 0 aromatic heterocycles. The molecule has 170 valence electrons. The Labute approximate surface area is 202 Å². The summed E-state index contributed by atoms with van der Waals surface area (Å²) in [4.78, 5) is 0. The van der Waals surface area contributed by atoms with Gasteiger partial charge in [0.25, 0.3) is 0 Å². The van der Waals surface area contributed by atoms with Gasteiger partial charge in [0.05, 0.1) is 11.2 Å². The maximum absolute atomic E-state index is 6.60. The van der Waals surface area contributed by atoms with Crippen LogP contribution in [0.25, 0.3) is 21.5 Å². The maximum Gasteiger partial charge on any atom is 0.457 e. The van der Waals surface area contributed by atoms with Gasteiger partial charge in [0.15, 0.2) is 0 Å². The molecular weight excluding hydrogens is 418 g/mol. The fraction of sp³-hybridized carbons (Fsp3) is 0.286. The topological polar surface area (TPSA) is 42.5 Å². The summed E-state index contributed by atoms with van der Waals surface area (Å²) in [5.41, 5.74) is 2.86. The second-order valence-electron chi connectivity index (χ2n) is 10.6. The van der Waals surface area contributed by atoms with Crippen LogP contribution < -0.4 is 10.5 Å². The van der Waals surface area contributed by atoms with E-state index >= 15 is 0 Å². The minimum Gasteiger partial charge on any atom is -0.409 e. The summed E-state index contributed by atoms with van der Waals surface area (Å²) < 4.78 is 13.2. The van der Waals surface area contributed by atoms with Crippen molar-refractivity contribution in [3.05, 3.63) is 84.4 Å². The average Bonchev–Trinajstić information content (AvgIpc) is 3.04. The quantitative estimate of drug-likeness (QED) is 0.347. The van der Waals surface area contributed by atoms with Crippen molar-refractivity contribution >= 4 is 47.0 Å². The molecule has 6 rings (SSSR count). The predicted molar refractivity (Wildman–Crippen MR) is 144 cm³/mol. The number of fused-ring (bicyclic) bond motifs is 1. The van der Waals surface area contributed by atoms with Gasteiger partial charge < -0.3 is 19.8 Å². The van der Waals surface area contributed by atoms with E-state index in [1.807, 2.05) is 0 Å². The van der Waals surface area contributed by atoms with Crippen LogP contribution in [0.5, 0.6) is 0 Å².